The number of hydrogen-bond donors (Lipinski definition) is 1. The van der Waals surface area contributed by atoms with Gasteiger partial charge in [0.2, 0.25) is 0 Å². The van der Waals surface area contributed by atoms with Gasteiger partial charge in [0.25, 0.3) is 0 Å². The lowest BCUT2D eigenvalue weighted by Crippen LogP contribution is -2.14. The number of aromatic nitrogens is 2. The van der Waals surface area contributed by atoms with Crippen LogP contribution in [0, 0.1) is 10.5 Å². The van der Waals surface area contributed by atoms with Crippen LogP contribution in [0.5, 0.6) is 0 Å². The normalized spacial score (nSPS) is 10.8. The molecule has 0 amide bonds. The molecule has 1 aromatic heterocycles. The predicted octanol–water partition coefficient (Wildman–Crippen LogP) is 3.28. The molecule has 2 rings (SSSR count). The van der Waals surface area contributed by atoms with Crippen molar-refractivity contribution in [3.8, 4) is 5.69 Å². The third kappa shape index (κ3) is 3.32. The fourth-order valence-corrected chi connectivity index (χ4v) is 2.32. The summed E-state index contributed by atoms with van der Waals surface area (Å²) in [4.78, 5) is 0. The van der Waals surface area contributed by atoms with E-state index >= 15 is 0 Å². The Labute approximate surface area is 122 Å². The van der Waals surface area contributed by atoms with Gasteiger partial charge in [-0.25, -0.2) is 4.68 Å². The Kier molecular flexibility index (Phi) is 4.77. The third-order valence-electron chi connectivity index (χ3n) is 2.82. The highest BCUT2D eigenvalue weighted by Gasteiger charge is 2.03. The summed E-state index contributed by atoms with van der Waals surface area (Å²) in [6.07, 6.45) is 5.08. The first kappa shape index (κ1) is 13.5. The van der Waals surface area contributed by atoms with Gasteiger partial charge in [-0.3, -0.25) is 0 Å². The molecule has 1 aromatic carbocycles. The van der Waals surface area contributed by atoms with Crippen LogP contribution in [0.1, 0.15) is 24.5 Å². The fourth-order valence-electron chi connectivity index (χ4n) is 1.93. The summed E-state index contributed by atoms with van der Waals surface area (Å²) in [6.45, 7) is 6.32. The van der Waals surface area contributed by atoms with Crippen molar-refractivity contribution in [3.63, 3.8) is 0 Å². The van der Waals surface area contributed by atoms with Crippen LogP contribution in [0.25, 0.3) is 5.69 Å². The molecule has 0 bridgehead atoms. The lowest BCUT2D eigenvalue weighted by molar-refractivity contribution is 0.675. The maximum absolute atomic E-state index is 4.35. The molecular formula is C14H18IN3. The average molecular weight is 355 g/mol. The summed E-state index contributed by atoms with van der Waals surface area (Å²) in [5.74, 6) is 0. The van der Waals surface area contributed by atoms with Crippen LogP contribution in [-0.4, -0.2) is 16.3 Å². The maximum Gasteiger partial charge on any atom is 0.0675 e. The number of hydrogen-bond acceptors (Lipinski definition) is 2. The first-order chi connectivity index (χ1) is 8.70. The molecule has 0 atom stereocenters. The van der Waals surface area contributed by atoms with Gasteiger partial charge in [0.05, 0.1) is 15.5 Å². The van der Waals surface area contributed by atoms with Gasteiger partial charge in [0.15, 0.2) is 0 Å². The molecule has 0 unspecified atom stereocenters. The van der Waals surface area contributed by atoms with E-state index in [2.05, 4.69) is 65.1 Å². The third-order valence-corrected chi connectivity index (χ3v) is 3.37. The Morgan fingerprint density at radius 1 is 1.39 bits per heavy atom. The zero-order valence-electron chi connectivity index (χ0n) is 10.8. The van der Waals surface area contributed by atoms with Crippen molar-refractivity contribution in [2.75, 3.05) is 6.54 Å². The lowest BCUT2D eigenvalue weighted by atomic mass is 10.1. The van der Waals surface area contributed by atoms with Crippen LogP contribution in [0.3, 0.4) is 0 Å². The Balaban J connectivity index is 2.15. The van der Waals surface area contributed by atoms with E-state index in [1.54, 1.807) is 0 Å². The van der Waals surface area contributed by atoms with Gasteiger partial charge < -0.3 is 5.32 Å². The van der Waals surface area contributed by atoms with Crippen molar-refractivity contribution in [3.05, 3.63) is 45.3 Å². The molecule has 1 heterocycles. The summed E-state index contributed by atoms with van der Waals surface area (Å²) in [6, 6.07) is 6.54. The quantitative estimate of drug-likeness (QED) is 0.659. The molecule has 0 aliphatic carbocycles. The number of aryl methyl sites for hydroxylation is 1. The SMILES string of the molecule is CCCNCc1ccc(-n2cc(I)cn2)c(C)c1. The molecule has 2 aromatic rings. The minimum Gasteiger partial charge on any atom is -0.313 e. The molecular weight excluding hydrogens is 337 g/mol. The van der Waals surface area contributed by atoms with Gasteiger partial charge in [-0.1, -0.05) is 19.1 Å². The zero-order chi connectivity index (χ0) is 13.0. The molecule has 1 N–H and O–H groups in total. The second-order valence-corrected chi connectivity index (χ2v) is 5.65. The maximum atomic E-state index is 4.35. The molecule has 0 radical (unpaired) electrons. The van der Waals surface area contributed by atoms with Gasteiger partial charge in [0.1, 0.15) is 0 Å². The van der Waals surface area contributed by atoms with Crippen LogP contribution in [-0.2, 0) is 6.54 Å². The fraction of sp³-hybridized carbons (Fsp3) is 0.357. The van der Waals surface area contributed by atoms with Gasteiger partial charge in [-0.2, -0.15) is 5.10 Å². The number of rotatable bonds is 5. The number of halogens is 1. The van der Waals surface area contributed by atoms with Crippen LogP contribution in [0.15, 0.2) is 30.6 Å². The second-order valence-electron chi connectivity index (χ2n) is 4.40. The van der Waals surface area contributed by atoms with Crippen LogP contribution in [0.4, 0.5) is 0 Å². The molecule has 0 saturated carbocycles. The molecule has 0 aliphatic rings. The summed E-state index contributed by atoms with van der Waals surface area (Å²) in [7, 11) is 0. The van der Waals surface area contributed by atoms with Crippen LogP contribution in [0.2, 0.25) is 0 Å². The van der Waals surface area contributed by atoms with Gasteiger partial charge >= 0.3 is 0 Å². The summed E-state index contributed by atoms with van der Waals surface area (Å²) >= 11 is 2.27. The highest BCUT2D eigenvalue weighted by Crippen LogP contribution is 2.16. The van der Waals surface area contributed by atoms with Crippen molar-refractivity contribution >= 4 is 22.6 Å². The monoisotopic (exact) mass is 355 g/mol. The summed E-state index contributed by atoms with van der Waals surface area (Å²) in [5.41, 5.74) is 3.73. The van der Waals surface area contributed by atoms with Gasteiger partial charge in [0, 0.05) is 12.7 Å². The van der Waals surface area contributed by atoms with Crippen molar-refractivity contribution in [1.82, 2.24) is 15.1 Å². The van der Waals surface area contributed by atoms with E-state index < -0.39 is 0 Å². The van der Waals surface area contributed by atoms with E-state index in [4.69, 9.17) is 0 Å². The highest BCUT2D eigenvalue weighted by atomic mass is 127. The standard InChI is InChI=1S/C14H18IN3/c1-3-6-16-8-12-4-5-14(11(2)7-12)18-10-13(15)9-17-18/h4-5,7,9-10,16H,3,6,8H2,1-2H3. The second kappa shape index (κ2) is 6.33. The molecule has 96 valence electrons. The Morgan fingerprint density at radius 3 is 2.83 bits per heavy atom. The summed E-state index contributed by atoms with van der Waals surface area (Å²) in [5, 5.41) is 7.76. The number of nitrogens with one attached hydrogen (secondary N) is 1. The predicted molar refractivity (Wildman–Crippen MR) is 83.0 cm³/mol. The molecule has 0 fully saturated rings. The van der Waals surface area contributed by atoms with Crippen molar-refractivity contribution in [2.45, 2.75) is 26.8 Å². The largest absolute Gasteiger partial charge is 0.313 e. The Hall–Kier alpha value is -0.880. The molecule has 0 aliphatic heterocycles. The van der Waals surface area contributed by atoms with E-state index in [1.165, 1.54) is 17.5 Å². The highest BCUT2D eigenvalue weighted by molar-refractivity contribution is 14.1. The van der Waals surface area contributed by atoms with E-state index in [9.17, 15) is 0 Å². The molecule has 0 spiro atoms. The lowest BCUT2D eigenvalue weighted by Gasteiger charge is -2.09. The molecule has 3 nitrogen and oxygen atoms in total. The van der Waals surface area contributed by atoms with E-state index in [0.717, 1.165) is 22.3 Å². The van der Waals surface area contributed by atoms with E-state index in [1.807, 2.05) is 17.1 Å². The molecule has 4 heteroatoms. The average Bonchev–Trinajstić information content (AvgIpc) is 2.76. The minimum atomic E-state index is 0.936. The Morgan fingerprint density at radius 2 is 2.22 bits per heavy atom. The minimum absolute atomic E-state index is 0.936. The molecule has 0 saturated heterocycles. The summed E-state index contributed by atoms with van der Waals surface area (Å²) < 4.78 is 3.08. The Bertz CT molecular complexity index is 520. The van der Waals surface area contributed by atoms with Gasteiger partial charge in [-0.05, 0) is 59.7 Å². The van der Waals surface area contributed by atoms with E-state index in [0.29, 0.717) is 0 Å². The smallest absolute Gasteiger partial charge is 0.0675 e. The molecule has 18 heavy (non-hydrogen) atoms. The van der Waals surface area contributed by atoms with Gasteiger partial charge in [-0.15, -0.1) is 0 Å². The van der Waals surface area contributed by atoms with Crippen molar-refractivity contribution < 1.29 is 0 Å². The first-order valence-corrected chi connectivity index (χ1v) is 7.29. The van der Waals surface area contributed by atoms with E-state index in [-0.39, 0.29) is 0 Å². The number of benzene rings is 1. The van der Waals surface area contributed by atoms with Crippen molar-refractivity contribution in [1.29, 1.82) is 0 Å². The first-order valence-electron chi connectivity index (χ1n) is 6.21. The van der Waals surface area contributed by atoms with Crippen molar-refractivity contribution in [2.24, 2.45) is 0 Å². The zero-order valence-corrected chi connectivity index (χ0v) is 12.9. The van der Waals surface area contributed by atoms with Crippen LogP contribution >= 0.6 is 22.6 Å². The topological polar surface area (TPSA) is 29.9 Å². The van der Waals surface area contributed by atoms with Crippen LogP contribution < -0.4 is 5.32 Å². The number of nitrogens with zero attached hydrogens (tertiary/aromatic N) is 2.